The zero-order valence-electron chi connectivity index (χ0n) is 51.5. The van der Waals surface area contributed by atoms with E-state index in [-0.39, 0.29) is 28.7 Å². The quantitative estimate of drug-likeness (QED) is 0.0624. The Morgan fingerprint density at radius 3 is 1.28 bits per heavy atom. The molecule has 4 aromatic heterocycles. The number of terminal acetylenes is 2. The minimum absolute atomic E-state index is 0.000467. The minimum Gasteiger partial charge on any atom is -0.462 e. The number of nitrogens with zero attached hydrogens (tertiary/aromatic N) is 4. The lowest BCUT2D eigenvalue weighted by molar-refractivity contribution is 0.0516. The first-order chi connectivity index (χ1) is 41.4. The van der Waals surface area contributed by atoms with Crippen LogP contribution >= 0.6 is 27.5 Å². The highest BCUT2D eigenvalue weighted by atomic mass is 79.9. The monoisotopic (exact) mass is 1320 g/mol. The molecule has 464 valence electrons. The van der Waals surface area contributed by atoms with Gasteiger partial charge in [-0.1, -0.05) is 78.9 Å². The van der Waals surface area contributed by atoms with Crippen molar-refractivity contribution < 1.29 is 56.8 Å². The number of hydrogen-bond donors (Lipinski definition) is 2. The Hall–Kier alpha value is -7.85. The average Bonchev–Trinajstić information content (AvgIpc) is 0.924. The third-order valence-electron chi connectivity index (χ3n) is 12.1. The van der Waals surface area contributed by atoms with Crippen molar-refractivity contribution in [1.82, 2.24) is 19.9 Å². The standard InChI is InChI=1S/C21H21NO3S.C13H15NO3.C11H13BrOS.C10H9NO2.C8H8ClNO2.C5H8O/c1-4-25-20(23)16-7-9-17(22-14-16)8-5-15-6-10-19-18(13-15)21(2,3)11-12-26(19)24;1-4-17-12(15)10-5-6-11(14-9-10)7-8-13(2,3)16;1-11(2)5-6-14(13)10-4-3-8(12)7-9(10)11;1-3-9-6-5-8(7-11-9)10(12)13-4-2;1-2-12-8(11)6-3-4-7(9)10-5-6;1-4-5(2,3)6/h6-7,9-10,13-14H,4,11-12H2,1-3H3;5-6,9,16H,4H2,1-3H3;3-4,7H,5-6H2,1-2H3;1,5-7H,4H2,2H3;3-5H,2H2,1H3;1,6H,2-3H3. The molecule has 0 spiro atoms. The van der Waals surface area contributed by atoms with E-state index in [9.17, 15) is 32.7 Å². The maximum absolute atomic E-state index is 12.2. The molecule has 8 rings (SSSR count). The zero-order chi connectivity index (χ0) is 65.8. The Morgan fingerprint density at radius 2 is 0.932 bits per heavy atom. The summed E-state index contributed by atoms with van der Waals surface area (Å²) >= 11 is 8.99. The summed E-state index contributed by atoms with van der Waals surface area (Å²) in [6.07, 6.45) is 17.5. The van der Waals surface area contributed by atoms with Crippen LogP contribution in [-0.2, 0) is 51.4 Å². The molecule has 2 aliphatic heterocycles. The number of fused-ring (bicyclic) bond motifs is 2. The molecular formula is C68H74BrClN4O12S2. The number of ether oxygens (including phenoxy) is 4. The normalized spacial score (nSPS) is 14.4. The fraction of sp³-hybridized carbons (Fsp3) is 0.353. The third kappa shape index (κ3) is 25.8. The number of benzene rings is 2. The SMILES string of the molecule is C#CC(C)(C)O.C#Cc1ccc(C(=O)OCC)cn1.CC1(C)CCS(=O)c2ccc(Br)cc21.CCOC(=O)c1ccc(C#CC(C)(C)O)nc1.CCOC(=O)c1ccc(C#Cc2ccc3c(c2)C(C)(C)CCS3=O)nc1.CCOC(=O)c1ccc(Cl)nc1. The van der Waals surface area contributed by atoms with E-state index in [1.165, 1.54) is 30.4 Å². The molecular weight excluding hydrogens is 1240 g/mol. The van der Waals surface area contributed by atoms with Gasteiger partial charge in [0, 0.05) is 56.1 Å². The molecule has 2 aromatic carbocycles. The predicted octanol–water partition coefficient (Wildman–Crippen LogP) is 11.6. The Labute approximate surface area is 535 Å². The van der Waals surface area contributed by atoms with Crippen molar-refractivity contribution in [2.45, 2.75) is 128 Å². The highest BCUT2D eigenvalue weighted by Gasteiger charge is 2.32. The molecule has 0 amide bonds. The summed E-state index contributed by atoms with van der Waals surface area (Å²) in [5.41, 5.74) is 4.61. The van der Waals surface area contributed by atoms with Crippen LogP contribution in [0.4, 0.5) is 0 Å². The largest absolute Gasteiger partial charge is 0.462 e. The molecule has 6 aromatic rings. The van der Waals surface area contributed by atoms with Crippen molar-refractivity contribution in [3.8, 4) is 48.4 Å². The summed E-state index contributed by atoms with van der Waals surface area (Å²) < 4.78 is 44.4. The van der Waals surface area contributed by atoms with Crippen LogP contribution in [0, 0.1) is 48.4 Å². The van der Waals surface area contributed by atoms with E-state index >= 15 is 0 Å². The number of aliphatic hydroxyl groups is 2. The molecule has 2 N–H and O–H groups in total. The molecule has 20 heteroatoms. The lowest BCUT2D eigenvalue weighted by Gasteiger charge is -2.31. The Bertz CT molecular complexity index is 3600. The highest BCUT2D eigenvalue weighted by Crippen LogP contribution is 2.39. The number of esters is 4. The molecule has 16 nitrogen and oxygen atoms in total. The number of aromatic nitrogens is 4. The lowest BCUT2D eigenvalue weighted by atomic mass is 9.81. The number of halogens is 2. The van der Waals surface area contributed by atoms with Crippen molar-refractivity contribution in [3.63, 3.8) is 0 Å². The molecule has 2 atom stereocenters. The van der Waals surface area contributed by atoms with Gasteiger partial charge in [0.25, 0.3) is 0 Å². The number of carbonyl (C=O) groups is 4. The van der Waals surface area contributed by atoms with Gasteiger partial charge in [-0.15, -0.1) is 12.8 Å². The van der Waals surface area contributed by atoms with Gasteiger partial charge < -0.3 is 29.2 Å². The van der Waals surface area contributed by atoms with Crippen LogP contribution in [-0.4, -0.2) is 112 Å². The van der Waals surface area contributed by atoms with Crippen molar-refractivity contribution in [2.24, 2.45) is 0 Å². The molecule has 0 aliphatic carbocycles. The maximum atomic E-state index is 12.2. The molecule has 0 radical (unpaired) electrons. The number of rotatable bonds is 8. The summed E-state index contributed by atoms with van der Waals surface area (Å²) in [5.74, 6) is 16.0. The summed E-state index contributed by atoms with van der Waals surface area (Å²) in [4.78, 5) is 62.9. The molecule has 0 fully saturated rings. The van der Waals surface area contributed by atoms with Crippen molar-refractivity contribution in [3.05, 3.63) is 175 Å². The Kier molecular flexibility index (Phi) is 30.3. The van der Waals surface area contributed by atoms with Crippen molar-refractivity contribution >= 4 is 73.0 Å². The van der Waals surface area contributed by atoms with Gasteiger partial charge in [0.05, 0.1) is 70.3 Å². The van der Waals surface area contributed by atoms with Gasteiger partial charge in [0.1, 0.15) is 33.4 Å². The second kappa shape index (κ2) is 35.8. The van der Waals surface area contributed by atoms with E-state index in [0.717, 1.165) is 44.0 Å². The predicted molar refractivity (Wildman–Crippen MR) is 346 cm³/mol. The van der Waals surface area contributed by atoms with E-state index in [2.05, 4.69) is 105 Å². The third-order valence-corrected chi connectivity index (χ3v) is 15.6. The molecule has 0 saturated heterocycles. The number of hydrogen-bond acceptors (Lipinski definition) is 16. The van der Waals surface area contributed by atoms with Crippen molar-refractivity contribution in [2.75, 3.05) is 37.9 Å². The fourth-order valence-electron chi connectivity index (χ4n) is 7.23. The van der Waals surface area contributed by atoms with Gasteiger partial charge in [0.2, 0.25) is 0 Å². The van der Waals surface area contributed by atoms with Gasteiger partial charge in [-0.2, -0.15) is 0 Å². The number of carbonyl (C=O) groups excluding carboxylic acids is 4. The first kappa shape index (κ1) is 74.4. The molecule has 2 unspecified atom stereocenters. The summed E-state index contributed by atoms with van der Waals surface area (Å²) in [6, 6.07) is 24.8. The molecule has 2 aliphatic rings. The van der Waals surface area contributed by atoms with Gasteiger partial charge in [0.15, 0.2) is 0 Å². The highest BCUT2D eigenvalue weighted by molar-refractivity contribution is 9.10. The zero-order valence-corrected chi connectivity index (χ0v) is 55.5. The topological polar surface area (TPSA) is 231 Å². The van der Waals surface area contributed by atoms with Crippen LogP contribution in [0.15, 0.2) is 124 Å². The lowest BCUT2D eigenvalue weighted by Crippen LogP contribution is -2.27. The molecule has 88 heavy (non-hydrogen) atoms. The average molecular weight is 1320 g/mol. The fourth-order valence-corrected chi connectivity index (χ4v) is 11.1. The smallest absolute Gasteiger partial charge is 0.339 e. The minimum atomic E-state index is -1.05. The molecule has 6 heterocycles. The van der Waals surface area contributed by atoms with Gasteiger partial charge in [-0.3, -0.25) is 8.42 Å². The Morgan fingerprint density at radius 1 is 0.557 bits per heavy atom. The van der Waals surface area contributed by atoms with Crippen LogP contribution in [0.25, 0.3) is 0 Å². The van der Waals surface area contributed by atoms with Crippen LogP contribution < -0.4 is 0 Å². The maximum Gasteiger partial charge on any atom is 0.339 e. The van der Waals surface area contributed by atoms with Crippen LogP contribution in [0.3, 0.4) is 0 Å². The number of pyridine rings is 4. The van der Waals surface area contributed by atoms with Gasteiger partial charge in [-0.05, 0) is 187 Å². The van der Waals surface area contributed by atoms with Crippen LogP contribution in [0.2, 0.25) is 5.15 Å². The van der Waals surface area contributed by atoms with E-state index in [0.29, 0.717) is 76.7 Å². The molecule has 0 saturated carbocycles. The second-order valence-corrected chi connectivity index (χ2v) is 25.6. The second-order valence-electron chi connectivity index (χ2n) is 21.2. The van der Waals surface area contributed by atoms with E-state index in [4.69, 9.17) is 48.5 Å². The summed E-state index contributed by atoms with van der Waals surface area (Å²) in [7, 11) is -1.71. The van der Waals surface area contributed by atoms with Gasteiger partial charge >= 0.3 is 23.9 Å². The first-order valence-corrected chi connectivity index (χ1v) is 31.6. The Balaban J connectivity index is 0.000000289. The van der Waals surface area contributed by atoms with E-state index in [1.54, 1.807) is 104 Å². The summed E-state index contributed by atoms with van der Waals surface area (Å²) in [6.45, 7) is 23.5. The molecule has 0 bridgehead atoms. The van der Waals surface area contributed by atoms with Crippen LogP contribution in [0.5, 0.6) is 0 Å². The first-order valence-electron chi connectivity index (χ1n) is 27.7. The van der Waals surface area contributed by atoms with E-state index in [1.807, 2.05) is 30.3 Å². The van der Waals surface area contributed by atoms with Crippen molar-refractivity contribution in [1.29, 1.82) is 0 Å². The van der Waals surface area contributed by atoms with Crippen LogP contribution in [0.1, 0.15) is 171 Å². The van der Waals surface area contributed by atoms with Gasteiger partial charge in [-0.25, -0.2) is 39.1 Å². The summed E-state index contributed by atoms with van der Waals surface area (Å²) in [5, 5.41) is 18.4. The van der Waals surface area contributed by atoms with E-state index < -0.39 is 38.8 Å².